The van der Waals surface area contributed by atoms with Crippen LogP contribution in [0.15, 0.2) is 18.3 Å². The molecule has 0 aromatic carbocycles. The minimum Gasteiger partial charge on any atom is -0.396 e. The van der Waals surface area contributed by atoms with Crippen molar-refractivity contribution in [3.05, 3.63) is 33.9 Å². The second-order valence-electron chi connectivity index (χ2n) is 3.70. The lowest BCUT2D eigenvalue weighted by molar-refractivity contribution is 0.0996. The first-order valence-electron chi connectivity index (χ1n) is 5.28. The van der Waals surface area contributed by atoms with E-state index < -0.39 is 5.91 Å². The standard InChI is InChI=1S/C11H13N5OS/c1-6-14-4-7(18-6)5-15-11-8(12)2-3-9(16-11)10(13)17/h2-4H,5,12H2,1H3,(H2,13,17)(H,15,16). The Kier molecular flexibility index (Phi) is 3.42. The van der Waals surface area contributed by atoms with Gasteiger partial charge >= 0.3 is 0 Å². The lowest BCUT2D eigenvalue weighted by Gasteiger charge is -2.07. The molecule has 2 heterocycles. The summed E-state index contributed by atoms with van der Waals surface area (Å²) in [6.45, 7) is 2.50. The summed E-state index contributed by atoms with van der Waals surface area (Å²) in [4.78, 5) is 20.3. The van der Waals surface area contributed by atoms with Gasteiger partial charge in [-0.1, -0.05) is 0 Å². The van der Waals surface area contributed by atoms with Gasteiger partial charge in [-0.15, -0.1) is 11.3 Å². The van der Waals surface area contributed by atoms with Crippen molar-refractivity contribution in [1.29, 1.82) is 0 Å². The topological polar surface area (TPSA) is 107 Å². The van der Waals surface area contributed by atoms with Crippen LogP contribution in [0.1, 0.15) is 20.4 Å². The Morgan fingerprint density at radius 2 is 2.28 bits per heavy atom. The Morgan fingerprint density at radius 1 is 1.50 bits per heavy atom. The first-order valence-corrected chi connectivity index (χ1v) is 6.09. The van der Waals surface area contributed by atoms with E-state index in [2.05, 4.69) is 15.3 Å². The monoisotopic (exact) mass is 263 g/mol. The molecule has 2 aromatic heterocycles. The summed E-state index contributed by atoms with van der Waals surface area (Å²) in [5, 5.41) is 4.06. The summed E-state index contributed by atoms with van der Waals surface area (Å²) in [7, 11) is 0. The Balaban J connectivity index is 2.13. The zero-order chi connectivity index (χ0) is 13.1. The number of nitrogens with two attached hydrogens (primary N) is 2. The highest BCUT2D eigenvalue weighted by Gasteiger charge is 2.07. The van der Waals surface area contributed by atoms with Gasteiger partial charge in [-0.05, 0) is 19.1 Å². The molecule has 6 nitrogen and oxygen atoms in total. The van der Waals surface area contributed by atoms with Gasteiger partial charge in [0.1, 0.15) is 11.5 Å². The van der Waals surface area contributed by atoms with Crippen LogP contribution >= 0.6 is 11.3 Å². The average Bonchev–Trinajstić information content (AvgIpc) is 2.74. The van der Waals surface area contributed by atoms with E-state index in [1.54, 1.807) is 23.6 Å². The minimum absolute atomic E-state index is 0.187. The highest BCUT2D eigenvalue weighted by Crippen LogP contribution is 2.18. The number of carbonyl (C=O) groups is 1. The molecule has 94 valence electrons. The van der Waals surface area contributed by atoms with E-state index in [0.717, 1.165) is 9.88 Å². The van der Waals surface area contributed by atoms with Crippen LogP contribution in [-0.4, -0.2) is 15.9 Å². The van der Waals surface area contributed by atoms with Crippen LogP contribution in [-0.2, 0) is 6.54 Å². The van der Waals surface area contributed by atoms with Gasteiger partial charge < -0.3 is 16.8 Å². The predicted molar refractivity (Wildman–Crippen MR) is 71.3 cm³/mol. The lowest BCUT2D eigenvalue weighted by atomic mass is 10.3. The summed E-state index contributed by atoms with van der Waals surface area (Å²) in [6.07, 6.45) is 1.79. The zero-order valence-corrected chi connectivity index (χ0v) is 10.6. The van der Waals surface area contributed by atoms with Crippen LogP contribution in [0.5, 0.6) is 0 Å². The van der Waals surface area contributed by atoms with Gasteiger partial charge in [-0.3, -0.25) is 4.79 Å². The number of nitrogens with zero attached hydrogens (tertiary/aromatic N) is 2. The SMILES string of the molecule is Cc1ncc(CNc2nc(C(N)=O)ccc2N)s1. The number of carbonyl (C=O) groups excluding carboxylic acids is 1. The smallest absolute Gasteiger partial charge is 0.267 e. The summed E-state index contributed by atoms with van der Waals surface area (Å²) >= 11 is 1.59. The quantitative estimate of drug-likeness (QED) is 0.766. The van der Waals surface area contributed by atoms with Gasteiger partial charge in [0.05, 0.1) is 17.2 Å². The molecule has 0 aliphatic heterocycles. The van der Waals surface area contributed by atoms with E-state index in [-0.39, 0.29) is 5.69 Å². The van der Waals surface area contributed by atoms with Crippen molar-refractivity contribution < 1.29 is 4.79 Å². The van der Waals surface area contributed by atoms with E-state index in [1.807, 2.05) is 6.92 Å². The van der Waals surface area contributed by atoms with Crippen LogP contribution in [0.2, 0.25) is 0 Å². The molecule has 0 bridgehead atoms. The molecule has 0 atom stereocenters. The van der Waals surface area contributed by atoms with Crippen molar-refractivity contribution in [2.75, 3.05) is 11.1 Å². The number of anilines is 2. The number of nitrogen functional groups attached to an aromatic ring is 1. The van der Waals surface area contributed by atoms with E-state index in [9.17, 15) is 4.79 Å². The third-order valence-corrected chi connectivity index (χ3v) is 3.19. The summed E-state index contributed by atoms with van der Waals surface area (Å²) in [5.74, 6) is -0.121. The zero-order valence-electron chi connectivity index (χ0n) is 9.80. The van der Waals surface area contributed by atoms with Gasteiger partial charge in [0.2, 0.25) is 0 Å². The number of hydrogen-bond donors (Lipinski definition) is 3. The number of primary amides is 1. The van der Waals surface area contributed by atoms with Gasteiger partial charge in [-0.2, -0.15) is 0 Å². The molecule has 18 heavy (non-hydrogen) atoms. The maximum atomic E-state index is 11.0. The van der Waals surface area contributed by atoms with Gasteiger partial charge in [0, 0.05) is 11.1 Å². The molecule has 2 rings (SSSR count). The summed E-state index contributed by atoms with van der Waals surface area (Å²) < 4.78 is 0. The molecule has 0 radical (unpaired) electrons. The Hall–Kier alpha value is -2.15. The van der Waals surface area contributed by atoms with E-state index in [0.29, 0.717) is 18.1 Å². The number of pyridine rings is 1. The molecule has 0 saturated heterocycles. The molecule has 7 heteroatoms. The fraction of sp³-hybridized carbons (Fsp3) is 0.182. The lowest BCUT2D eigenvalue weighted by Crippen LogP contribution is -2.15. The van der Waals surface area contributed by atoms with Crippen LogP contribution in [0, 0.1) is 6.92 Å². The molecule has 0 saturated carbocycles. The predicted octanol–water partition coefficient (Wildman–Crippen LogP) is 1.14. The highest BCUT2D eigenvalue weighted by atomic mass is 32.1. The third kappa shape index (κ3) is 2.75. The molecule has 0 unspecified atom stereocenters. The molecule has 2 aromatic rings. The number of amides is 1. The van der Waals surface area contributed by atoms with E-state index >= 15 is 0 Å². The van der Waals surface area contributed by atoms with Crippen molar-refractivity contribution in [1.82, 2.24) is 9.97 Å². The van der Waals surface area contributed by atoms with Crippen molar-refractivity contribution in [2.24, 2.45) is 5.73 Å². The van der Waals surface area contributed by atoms with E-state index in [4.69, 9.17) is 11.5 Å². The van der Waals surface area contributed by atoms with Crippen molar-refractivity contribution in [2.45, 2.75) is 13.5 Å². The van der Waals surface area contributed by atoms with Crippen LogP contribution in [0.3, 0.4) is 0 Å². The second-order valence-corrected chi connectivity index (χ2v) is 5.02. The largest absolute Gasteiger partial charge is 0.396 e. The first-order chi connectivity index (χ1) is 8.56. The summed E-state index contributed by atoms with van der Waals surface area (Å²) in [6, 6.07) is 3.10. The fourth-order valence-electron chi connectivity index (χ4n) is 1.41. The molecule has 0 fully saturated rings. The van der Waals surface area contributed by atoms with Crippen molar-refractivity contribution in [3.8, 4) is 0 Å². The number of rotatable bonds is 4. The maximum Gasteiger partial charge on any atom is 0.267 e. The molecule has 0 aliphatic rings. The van der Waals surface area contributed by atoms with Crippen LogP contribution < -0.4 is 16.8 Å². The van der Waals surface area contributed by atoms with Crippen molar-refractivity contribution in [3.63, 3.8) is 0 Å². The molecule has 1 amide bonds. The van der Waals surface area contributed by atoms with Gasteiger partial charge in [0.25, 0.3) is 5.91 Å². The second kappa shape index (κ2) is 5.01. The number of aryl methyl sites for hydroxylation is 1. The first kappa shape index (κ1) is 12.3. The fourth-order valence-corrected chi connectivity index (χ4v) is 2.14. The normalized spacial score (nSPS) is 10.3. The maximum absolute atomic E-state index is 11.0. The number of hydrogen-bond acceptors (Lipinski definition) is 6. The molecular formula is C11H13N5OS. The Bertz CT molecular complexity index is 581. The molecule has 0 aliphatic carbocycles. The van der Waals surface area contributed by atoms with E-state index in [1.165, 1.54) is 6.07 Å². The minimum atomic E-state index is -0.577. The number of nitrogens with one attached hydrogen (secondary N) is 1. The third-order valence-electron chi connectivity index (χ3n) is 2.28. The van der Waals surface area contributed by atoms with Crippen LogP contribution in [0.4, 0.5) is 11.5 Å². The Labute approximate surface area is 108 Å². The highest BCUT2D eigenvalue weighted by molar-refractivity contribution is 7.11. The number of aromatic nitrogens is 2. The van der Waals surface area contributed by atoms with Crippen molar-refractivity contribution >= 4 is 28.7 Å². The summed E-state index contributed by atoms with van der Waals surface area (Å²) in [5.41, 5.74) is 11.6. The molecule has 5 N–H and O–H groups in total. The van der Waals surface area contributed by atoms with Gasteiger partial charge in [-0.25, -0.2) is 9.97 Å². The van der Waals surface area contributed by atoms with Crippen LogP contribution in [0.25, 0.3) is 0 Å². The average molecular weight is 263 g/mol. The Morgan fingerprint density at radius 3 is 2.89 bits per heavy atom. The number of thiazole rings is 1. The molecule has 0 spiro atoms. The molecular weight excluding hydrogens is 250 g/mol. The van der Waals surface area contributed by atoms with Gasteiger partial charge in [0.15, 0.2) is 0 Å².